The summed E-state index contributed by atoms with van der Waals surface area (Å²) >= 11 is 0. The summed E-state index contributed by atoms with van der Waals surface area (Å²) in [4.78, 5) is 12.3. The normalized spacial score (nSPS) is 22.9. The molecule has 0 N–H and O–H groups in total. The quantitative estimate of drug-likeness (QED) is 0.745. The average molecular weight is 258 g/mol. The van der Waals surface area contributed by atoms with Crippen molar-refractivity contribution in [3.63, 3.8) is 0 Å². The Kier molecular flexibility index (Phi) is 4.79. The Balaban J connectivity index is 1.92. The van der Waals surface area contributed by atoms with Gasteiger partial charge in [0.2, 0.25) is 0 Å². The first-order valence-electron chi connectivity index (χ1n) is 7.71. The molecule has 1 aliphatic carbocycles. The van der Waals surface area contributed by atoms with Gasteiger partial charge in [-0.05, 0) is 42.2 Å². The van der Waals surface area contributed by atoms with E-state index in [0.29, 0.717) is 24.0 Å². The van der Waals surface area contributed by atoms with Crippen molar-refractivity contribution in [1.82, 2.24) is 0 Å². The lowest BCUT2D eigenvalue weighted by Gasteiger charge is -2.10. The van der Waals surface area contributed by atoms with Crippen molar-refractivity contribution in [2.45, 2.75) is 58.8 Å². The van der Waals surface area contributed by atoms with Crippen molar-refractivity contribution < 1.29 is 4.79 Å². The van der Waals surface area contributed by atoms with Gasteiger partial charge in [0, 0.05) is 12.3 Å². The van der Waals surface area contributed by atoms with Crippen LogP contribution in [0.15, 0.2) is 24.3 Å². The van der Waals surface area contributed by atoms with Gasteiger partial charge < -0.3 is 0 Å². The SMILES string of the molecule is CCC1CCC(C(=O)Cc2ccc(C(C)C)cc2)C1. The van der Waals surface area contributed by atoms with Crippen molar-refractivity contribution in [3.8, 4) is 0 Å². The van der Waals surface area contributed by atoms with E-state index in [1.165, 1.54) is 24.0 Å². The van der Waals surface area contributed by atoms with E-state index < -0.39 is 0 Å². The van der Waals surface area contributed by atoms with Gasteiger partial charge in [-0.15, -0.1) is 0 Å². The van der Waals surface area contributed by atoms with Crippen LogP contribution < -0.4 is 0 Å². The highest BCUT2D eigenvalue weighted by Crippen LogP contribution is 2.34. The van der Waals surface area contributed by atoms with Crippen molar-refractivity contribution in [3.05, 3.63) is 35.4 Å². The van der Waals surface area contributed by atoms with Crippen LogP contribution in [-0.4, -0.2) is 5.78 Å². The zero-order valence-electron chi connectivity index (χ0n) is 12.5. The zero-order chi connectivity index (χ0) is 13.8. The summed E-state index contributed by atoms with van der Waals surface area (Å²) in [5.41, 5.74) is 2.53. The third-order valence-corrected chi connectivity index (χ3v) is 4.60. The van der Waals surface area contributed by atoms with Crippen molar-refractivity contribution in [1.29, 1.82) is 0 Å². The third kappa shape index (κ3) is 3.68. The molecule has 1 saturated carbocycles. The fourth-order valence-electron chi connectivity index (χ4n) is 3.10. The van der Waals surface area contributed by atoms with E-state index in [-0.39, 0.29) is 0 Å². The number of Topliss-reactive ketones (excluding diaryl/α,β-unsaturated/α-hetero) is 1. The van der Waals surface area contributed by atoms with E-state index in [2.05, 4.69) is 45.0 Å². The second-order valence-electron chi connectivity index (χ2n) is 6.32. The molecule has 0 bridgehead atoms. The van der Waals surface area contributed by atoms with Gasteiger partial charge in [-0.25, -0.2) is 0 Å². The summed E-state index contributed by atoms with van der Waals surface area (Å²) in [5, 5.41) is 0. The van der Waals surface area contributed by atoms with Crippen LogP contribution >= 0.6 is 0 Å². The third-order valence-electron chi connectivity index (χ3n) is 4.60. The molecule has 104 valence electrons. The minimum absolute atomic E-state index is 0.328. The van der Waals surface area contributed by atoms with Gasteiger partial charge in [0.25, 0.3) is 0 Å². The van der Waals surface area contributed by atoms with E-state index in [9.17, 15) is 4.79 Å². The second kappa shape index (κ2) is 6.36. The average Bonchev–Trinajstić information content (AvgIpc) is 2.88. The van der Waals surface area contributed by atoms with Crippen molar-refractivity contribution in [2.75, 3.05) is 0 Å². The molecule has 1 aliphatic rings. The molecule has 0 amide bonds. The van der Waals surface area contributed by atoms with Crippen LogP contribution in [0.5, 0.6) is 0 Å². The second-order valence-corrected chi connectivity index (χ2v) is 6.32. The maximum atomic E-state index is 12.3. The number of rotatable bonds is 5. The molecule has 1 heteroatoms. The van der Waals surface area contributed by atoms with Gasteiger partial charge in [-0.3, -0.25) is 4.79 Å². The summed E-state index contributed by atoms with van der Waals surface area (Å²) in [5.74, 6) is 2.13. The molecule has 2 rings (SSSR count). The maximum absolute atomic E-state index is 12.3. The molecule has 1 nitrogen and oxygen atoms in total. The molecular formula is C18H26O. The van der Waals surface area contributed by atoms with Crippen LogP contribution in [0.3, 0.4) is 0 Å². The molecule has 1 aromatic carbocycles. The molecule has 1 aromatic rings. The number of benzene rings is 1. The van der Waals surface area contributed by atoms with Crippen molar-refractivity contribution in [2.24, 2.45) is 11.8 Å². The first kappa shape index (κ1) is 14.3. The van der Waals surface area contributed by atoms with Crippen LogP contribution in [-0.2, 0) is 11.2 Å². The van der Waals surface area contributed by atoms with Gasteiger partial charge in [-0.2, -0.15) is 0 Å². The highest BCUT2D eigenvalue weighted by Gasteiger charge is 2.28. The molecule has 0 radical (unpaired) electrons. The lowest BCUT2D eigenvalue weighted by atomic mass is 9.93. The number of carbonyl (C=O) groups is 1. The van der Waals surface area contributed by atoms with Crippen LogP contribution in [0.2, 0.25) is 0 Å². The first-order chi connectivity index (χ1) is 9.10. The van der Waals surface area contributed by atoms with E-state index in [0.717, 1.165) is 18.8 Å². The number of hydrogen-bond donors (Lipinski definition) is 0. The van der Waals surface area contributed by atoms with Gasteiger partial charge >= 0.3 is 0 Å². The minimum Gasteiger partial charge on any atom is -0.299 e. The Hall–Kier alpha value is -1.11. The lowest BCUT2D eigenvalue weighted by molar-refractivity contribution is -0.122. The first-order valence-corrected chi connectivity index (χ1v) is 7.71. The Bertz CT molecular complexity index is 416. The predicted octanol–water partition coefficient (Wildman–Crippen LogP) is 4.75. The molecule has 2 atom stereocenters. The molecule has 0 aromatic heterocycles. The molecular weight excluding hydrogens is 232 g/mol. The zero-order valence-corrected chi connectivity index (χ0v) is 12.5. The van der Waals surface area contributed by atoms with Gasteiger partial charge in [-0.1, -0.05) is 51.5 Å². The topological polar surface area (TPSA) is 17.1 Å². The van der Waals surface area contributed by atoms with E-state index in [1.807, 2.05) is 0 Å². The minimum atomic E-state index is 0.328. The molecule has 0 heterocycles. The standard InChI is InChI=1S/C18H26O/c1-4-14-5-10-17(11-14)18(19)12-15-6-8-16(9-7-15)13(2)3/h6-9,13-14,17H,4-5,10-12H2,1-3H3. The molecule has 2 unspecified atom stereocenters. The Morgan fingerprint density at radius 1 is 1.21 bits per heavy atom. The van der Waals surface area contributed by atoms with E-state index in [1.54, 1.807) is 0 Å². The molecule has 0 spiro atoms. The summed E-state index contributed by atoms with van der Waals surface area (Å²) in [6, 6.07) is 8.58. The van der Waals surface area contributed by atoms with E-state index >= 15 is 0 Å². The molecule has 19 heavy (non-hydrogen) atoms. The smallest absolute Gasteiger partial charge is 0.140 e. The van der Waals surface area contributed by atoms with Crippen molar-refractivity contribution >= 4 is 5.78 Å². The molecule has 0 saturated heterocycles. The number of ketones is 1. The Morgan fingerprint density at radius 2 is 1.89 bits per heavy atom. The van der Waals surface area contributed by atoms with Crippen LogP contribution in [0.25, 0.3) is 0 Å². The largest absolute Gasteiger partial charge is 0.299 e. The lowest BCUT2D eigenvalue weighted by Crippen LogP contribution is -2.14. The van der Waals surface area contributed by atoms with Crippen LogP contribution in [0, 0.1) is 11.8 Å². The van der Waals surface area contributed by atoms with Gasteiger partial charge in [0.05, 0.1) is 0 Å². The highest BCUT2D eigenvalue weighted by atomic mass is 16.1. The fourth-order valence-corrected chi connectivity index (χ4v) is 3.10. The maximum Gasteiger partial charge on any atom is 0.140 e. The molecule has 0 aliphatic heterocycles. The number of carbonyl (C=O) groups excluding carboxylic acids is 1. The Morgan fingerprint density at radius 3 is 2.42 bits per heavy atom. The summed E-state index contributed by atoms with van der Waals surface area (Å²) in [6.07, 6.45) is 5.34. The van der Waals surface area contributed by atoms with Gasteiger partial charge in [0.1, 0.15) is 5.78 Å². The van der Waals surface area contributed by atoms with Crippen LogP contribution in [0.4, 0.5) is 0 Å². The predicted molar refractivity (Wildman–Crippen MR) is 80.4 cm³/mol. The highest BCUT2D eigenvalue weighted by molar-refractivity contribution is 5.83. The summed E-state index contributed by atoms with van der Waals surface area (Å²) in [7, 11) is 0. The fraction of sp³-hybridized carbons (Fsp3) is 0.611. The monoisotopic (exact) mass is 258 g/mol. The number of hydrogen-bond acceptors (Lipinski definition) is 1. The van der Waals surface area contributed by atoms with Crippen LogP contribution in [0.1, 0.15) is 63.5 Å². The summed E-state index contributed by atoms with van der Waals surface area (Å²) < 4.78 is 0. The van der Waals surface area contributed by atoms with E-state index in [4.69, 9.17) is 0 Å². The summed E-state index contributed by atoms with van der Waals surface area (Å²) in [6.45, 7) is 6.63. The Labute approximate surface area is 117 Å². The van der Waals surface area contributed by atoms with Gasteiger partial charge in [0.15, 0.2) is 0 Å². The molecule has 1 fully saturated rings.